The van der Waals surface area contributed by atoms with Gasteiger partial charge in [0.1, 0.15) is 6.29 Å². The Bertz CT molecular complexity index is 250. The summed E-state index contributed by atoms with van der Waals surface area (Å²) in [5, 5.41) is 3.04. The summed E-state index contributed by atoms with van der Waals surface area (Å²) in [5.74, 6) is 0.519. The largest absolute Gasteiger partial charge is 0.338 e. The van der Waals surface area contributed by atoms with Crippen molar-refractivity contribution in [1.29, 1.82) is 0 Å². The quantitative estimate of drug-likeness (QED) is 0.784. The van der Waals surface area contributed by atoms with Gasteiger partial charge in [-0.1, -0.05) is 27.7 Å². The van der Waals surface area contributed by atoms with Gasteiger partial charge >= 0.3 is 0 Å². The van der Waals surface area contributed by atoms with Crippen LogP contribution < -0.4 is 5.32 Å². The van der Waals surface area contributed by atoms with Gasteiger partial charge in [-0.15, -0.1) is 0 Å². The van der Waals surface area contributed by atoms with Gasteiger partial charge in [0.05, 0.1) is 6.04 Å². The van der Waals surface area contributed by atoms with Crippen molar-refractivity contribution in [2.24, 2.45) is 5.92 Å². The monoisotopic (exact) mass is 256 g/mol. The molecule has 1 heterocycles. The van der Waals surface area contributed by atoms with Crippen LogP contribution in [0.3, 0.4) is 0 Å². The minimum absolute atomic E-state index is 0.107. The molecule has 1 aliphatic carbocycles. The molecule has 0 radical (unpaired) electrons. The smallest absolute Gasteiger partial charge is 0.240 e. The molecule has 0 aromatic heterocycles. The molecular weight excluding hydrogens is 228 g/mol. The summed E-state index contributed by atoms with van der Waals surface area (Å²) in [4.78, 5) is 23.0. The Morgan fingerprint density at radius 3 is 2.06 bits per heavy atom. The number of carbonyl (C=O) groups excluding carboxylic acids is 2. The highest BCUT2D eigenvalue weighted by Gasteiger charge is 2.39. The highest BCUT2D eigenvalue weighted by atomic mass is 16.2. The maximum Gasteiger partial charge on any atom is 0.240 e. The summed E-state index contributed by atoms with van der Waals surface area (Å²) in [6.07, 6.45) is 4.36. The molecule has 4 heteroatoms. The third-order valence-corrected chi connectivity index (χ3v) is 2.85. The SMILES string of the molecule is CC.CC(C)C=O.CNC1CCN(C2CC2)C1=O. The van der Waals surface area contributed by atoms with E-state index in [1.54, 1.807) is 0 Å². The number of nitrogens with zero attached hydrogens (tertiary/aromatic N) is 1. The number of likely N-dealkylation sites (N-methyl/N-ethyl adjacent to an activating group) is 1. The van der Waals surface area contributed by atoms with E-state index in [0.717, 1.165) is 19.3 Å². The number of aldehydes is 1. The zero-order valence-electron chi connectivity index (χ0n) is 12.4. The standard InChI is InChI=1S/C8H14N2O.C4H8O.C2H6/c1-9-7-4-5-10(8(7)11)6-2-3-6;1-4(2)3-5;1-2/h6-7,9H,2-5H2,1H3;3-4H,1-2H3;1-2H3. The van der Waals surface area contributed by atoms with Gasteiger partial charge in [0, 0.05) is 18.5 Å². The van der Waals surface area contributed by atoms with Gasteiger partial charge in [0.2, 0.25) is 5.91 Å². The molecule has 0 bridgehead atoms. The fraction of sp³-hybridized carbons (Fsp3) is 0.857. The van der Waals surface area contributed by atoms with Gasteiger partial charge in [-0.3, -0.25) is 4.79 Å². The van der Waals surface area contributed by atoms with Gasteiger partial charge in [0.15, 0.2) is 0 Å². The minimum Gasteiger partial charge on any atom is -0.338 e. The Morgan fingerprint density at radius 1 is 1.28 bits per heavy atom. The zero-order valence-corrected chi connectivity index (χ0v) is 12.4. The van der Waals surface area contributed by atoms with Crippen molar-refractivity contribution in [1.82, 2.24) is 10.2 Å². The molecule has 1 saturated heterocycles. The Balaban J connectivity index is 0.000000354. The fourth-order valence-corrected chi connectivity index (χ4v) is 1.72. The van der Waals surface area contributed by atoms with E-state index < -0.39 is 0 Å². The molecule has 2 aliphatic rings. The van der Waals surface area contributed by atoms with E-state index in [-0.39, 0.29) is 12.0 Å². The van der Waals surface area contributed by atoms with Crippen LogP contribution in [0.1, 0.15) is 47.0 Å². The summed E-state index contributed by atoms with van der Waals surface area (Å²) in [7, 11) is 1.86. The number of rotatable bonds is 3. The number of amides is 1. The Morgan fingerprint density at radius 2 is 1.78 bits per heavy atom. The van der Waals surface area contributed by atoms with Gasteiger partial charge in [-0.25, -0.2) is 0 Å². The average molecular weight is 256 g/mol. The molecule has 1 aliphatic heterocycles. The molecule has 2 rings (SSSR count). The topological polar surface area (TPSA) is 49.4 Å². The van der Waals surface area contributed by atoms with Crippen molar-refractivity contribution in [2.45, 2.75) is 59.0 Å². The van der Waals surface area contributed by atoms with E-state index in [2.05, 4.69) is 5.32 Å². The Labute approximate surface area is 111 Å². The molecule has 2 fully saturated rings. The second-order valence-corrected chi connectivity index (χ2v) is 4.77. The van der Waals surface area contributed by atoms with Crippen LogP contribution in [0.5, 0.6) is 0 Å². The first-order chi connectivity index (χ1) is 8.60. The lowest BCUT2D eigenvalue weighted by Gasteiger charge is -2.14. The third kappa shape index (κ3) is 5.63. The highest BCUT2D eigenvalue weighted by molar-refractivity contribution is 5.84. The summed E-state index contributed by atoms with van der Waals surface area (Å²) in [6.45, 7) is 8.68. The molecule has 1 saturated carbocycles. The van der Waals surface area contributed by atoms with Gasteiger partial charge in [-0.05, 0) is 26.3 Å². The van der Waals surface area contributed by atoms with E-state index in [1.807, 2.05) is 39.6 Å². The predicted molar refractivity (Wildman–Crippen MR) is 74.4 cm³/mol. The van der Waals surface area contributed by atoms with Crippen molar-refractivity contribution >= 4 is 12.2 Å². The summed E-state index contributed by atoms with van der Waals surface area (Å²) >= 11 is 0. The zero-order chi connectivity index (χ0) is 14.1. The third-order valence-electron chi connectivity index (χ3n) is 2.85. The predicted octanol–water partition coefficient (Wildman–Crippen LogP) is 1.84. The molecule has 4 nitrogen and oxygen atoms in total. The summed E-state index contributed by atoms with van der Waals surface area (Å²) < 4.78 is 0. The first-order valence-corrected chi connectivity index (χ1v) is 7.03. The van der Waals surface area contributed by atoms with Crippen LogP contribution in [-0.4, -0.2) is 42.8 Å². The second-order valence-electron chi connectivity index (χ2n) is 4.77. The first-order valence-electron chi connectivity index (χ1n) is 7.03. The van der Waals surface area contributed by atoms with Crippen LogP contribution in [0.15, 0.2) is 0 Å². The van der Waals surface area contributed by atoms with Gasteiger partial charge in [0.25, 0.3) is 0 Å². The Kier molecular flexibility index (Phi) is 8.63. The highest BCUT2D eigenvalue weighted by Crippen LogP contribution is 2.30. The van der Waals surface area contributed by atoms with Crippen molar-refractivity contribution in [2.75, 3.05) is 13.6 Å². The molecule has 106 valence electrons. The van der Waals surface area contributed by atoms with Gasteiger partial charge in [-0.2, -0.15) is 0 Å². The molecule has 1 N–H and O–H groups in total. The number of likely N-dealkylation sites (tertiary alicyclic amines) is 1. The lowest BCUT2D eigenvalue weighted by molar-refractivity contribution is -0.129. The van der Waals surface area contributed by atoms with E-state index >= 15 is 0 Å². The normalized spacial score (nSPS) is 22.0. The van der Waals surface area contributed by atoms with E-state index in [9.17, 15) is 9.59 Å². The lowest BCUT2D eigenvalue weighted by atomic mass is 10.3. The molecule has 1 amide bonds. The van der Waals surface area contributed by atoms with Crippen molar-refractivity contribution in [3.05, 3.63) is 0 Å². The summed E-state index contributed by atoms with van der Waals surface area (Å²) in [6, 6.07) is 0.705. The molecule has 0 aromatic carbocycles. The Hall–Kier alpha value is -0.900. The van der Waals surface area contributed by atoms with Crippen LogP contribution in [0.4, 0.5) is 0 Å². The average Bonchev–Trinajstić information content (AvgIpc) is 3.16. The number of carbonyl (C=O) groups is 2. The van der Waals surface area contributed by atoms with Crippen LogP contribution >= 0.6 is 0 Å². The van der Waals surface area contributed by atoms with Crippen LogP contribution in [0, 0.1) is 5.92 Å². The van der Waals surface area contributed by atoms with E-state index in [1.165, 1.54) is 12.8 Å². The molecule has 1 unspecified atom stereocenters. The maximum atomic E-state index is 11.5. The van der Waals surface area contributed by atoms with E-state index in [4.69, 9.17) is 0 Å². The number of hydrogen-bond donors (Lipinski definition) is 1. The second kappa shape index (κ2) is 9.09. The van der Waals surface area contributed by atoms with Crippen LogP contribution in [-0.2, 0) is 9.59 Å². The number of hydrogen-bond acceptors (Lipinski definition) is 3. The van der Waals surface area contributed by atoms with Crippen LogP contribution in [0.2, 0.25) is 0 Å². The number of nitrogens with one attached hydrogen (secondary N) is 1. The van der Waals surface area contributed by atoms with E-state index in [0.29, 0.717) is 11.9 Å². The molecule has 1 atom stereocenters. The molecular formula is C14H28N2O2. The van der Waals surface area contributed by atoms with Crippen molar-refractivity contribution < 1.29 is 9.59 Å². The molecule has 18 heavy (non-hydrogen) atoms. The van der Waals surface area contributed by atoms with Crippen molar-refractivity contribution in [3.63, 3.8) is 0 Å². The molecule has 0 spiro atoms. The van der Waals surface area contributed by atoms with Crippen molar-refractivity contribution in [3.8, 4) is 0 Å². The maximum absolute atomic E-state index is 11.5. The summed E-state index contributed by atoms with van der Waals surface area (Å²) in [5.41, 5.74) is 0. The fourth-order valence-electron chi connectivity index (χ4n) is 1.72. The van der Waals surface area contributed by atoms with Gasteiger partial charge < -0.3 is 15.0 Å². The minimum atomic E-state index is 0.107. The first kappa shape index (κ1) is 17.1. The molecule has 0 aromatic rings. The van der Waals surface area contributed by atoms with Crippen LogP contribution in [0.25, 0.3) is 0 Å². The lowest BCUT2D eigenvalue weighted by Crippen LogP contribution is -2.37.